The molecule has 0 saturated heterocycles. The minimum absolute atomic E-state index is 0.111. The van der Waals surface area contributed by atoms with Crippen LogP contribution in [0.5, 0.6) is 0 Å². The first-order chi connectivity index (χ1) is 4.59. The molecule has 0 aromatic rings. The zero-order chi connectivity index (χ0) is 8.15. The molecule has 0 aliphatic carbocycles. The van der Waals surface area contributed by atoms with Crippen molar-refractivity contribution in [2.75, 3.05) is 0 Å². The quantitative estimate of drug-likeness (QED) is 0.642. The molecule has 0 aliphatic rings. The van der Waals surface area contributed by atoms with Gasteiger partial charge in [-0.25, -0.2) is 0 Å². The molecule has 0 rings (SSSR count). The van der Waals surface area contributed by atoms with E-state index in [0.717, 1.165) is 6.42 Å². The monoisotopic (exact) mass is 144 g/mol. The molecule has 2 atom stereocenters. The highest BCUT2D eigenvalue weighted by atomic mass is 16.3. The van der Waals surface area contributed by atoms with Crippen LogP contribution in [0.1, 0.15) is 40.5 Å². The first kappa shape index (κ1) is 9.96. The van der Waals surface area contributed by atoms with Gasteiger partial charge in [-0.1, -0.05) is 34.1 Å². The van der Waals surface area contributed by atoms with Gasteiger partial charge in [0, 0.05) is 0 Å². The first-order valence-corrected chi connectivity index (χ1v) is 4.27. The van der Waals surface area contributed by atoms with Crippen LogP contribution in [0, 0.1) is 11.8 Å². The van der Waals surface area contributed by atoms with Crippen molar-refractivity contribution >= 4 is 0 Å². The largest absolute Gasteiger partial charge is 0.393 e. The molecular formula is C9H20O. The summed E-state index contributed by atoms with van der Waals surface area (Å²) in [5, 5.41) is 9.53. The number of aliphatic hydroxyl groups excluding tert-OH is 1. The Bertz CT molecular complexity index is 78.8. The first-order valence-electron chi connectivity index (χ1n) is 4.27. The van der Waals surface area contributed by atoms with Gasteiger partial charge in [-0.2, -0.15) is 0 Å². The smallest absolute Gasteiger partial charge is 0.0588 e. The summed E-state index contributed by atoms with van der Waals surface area (Å²) in [5.41, 5.74) is 0. The summed E-state index contributed by atoms with van der Waals surface area (Å²) in [6.45, 7) is 8.41. The third-order valence-corrected chi connectivity index (χ3v) is 2.01. The lowest BCUT2D eigenvalue weighted by atomic mass is 9.92. The second-order valence-corrected chi connectivity index (χ2v) is 3.50. The van der Waals surface area contributed by atoms with Crippen LogP contribution in [0.4, 0.5) is 0 Å². The van der Waals surface area contributed by atoms with E-state index >= 15 is 0 Å². The lowest BCUT2D eigenvalue weighted by molar-refractivity contribution is 0.0681. The van der Waals surface area contributed by atoms with Crippen molar-refractivity contribution in [1.82, 2.24) is 0 Å². The molecular weight excluding hydrogens is 124 g/mol. The van der Waals surface area contributed by atoms with Crippen molar-refractivity contribution in [1.29, 1.82) is 0 Å². The number of aliphatic hydroxyl groups is 1. The molecule has 0 radical (unpaired) electrons. The summed E-state index contributed by atoms with van der Waals surface area (Å²) in [5.74, 6) is 0.867. The number of hydrogen-bond acceptors (Lipinski definition) is 1. The Morgan fingerprint density at radius 1 is 1.20 bits per heavy atom. The zero-order valence-corrected chi connectivity index (χ0v) is 7.59. The molecule has 0 aliphatic heterocycles. The van der Waals surface area contributed by atoms with E-state index in [4.69, 9.17) is 0 Å². The summed E-state index contributed by atoms with van der Waals surface area (Å²) in [4.78, 5) is 0. The molecule has 1 heteroatoms. The fourth-order valence-corrected chi connectivity index (χ4v) is 1.28. The summed E-state index contributed by atoms with van der Waals surface area (Å²) >= 11 is 0. The van der Waals surface area contributed by atoms with Gasteiger partial charge in [-0.3, -0.25) is 0 Å². The van der Waals surface area contributed by atoms with E-state index in [1.165, 1.54) is 6.42 Å². The van der Waals surface area contributed by atoms with Gasteiger partial charge in [-0.05, 0) is 18.3 Å². The Balaban J connectivity index is 3.58. The third-order valence-electron chi connectivity index (χ3n) is 2.01. The van der Waals surface area contributed by atoms with Gasteiger partial charge >= 0.3 is 0 Å². The third kappa shape index (κ3) is 3.21. The molecule has 0 saturated carbocycles. The SMILES string of the molecule is CCC[C@H](C)[C@@H](O)C(C)C. The average Bonchev–Trinajstić information content (AvgIpc) is 1.87. The van der Waals surface area contributed by atoms with Gasteiger partial charge in [0.25, 0.3) is 0 Å². The van der Waals surface area contributed by atoms with Gasteiger partial charge < -0.3 is 5.11 Å². The highest BCUT2D eigenvalue weighted by Crippen LogP contribution is 2.16. The summed E-state index contributed by atoms with van der Waals surface area (Å²) in [6, 6.07) is 0. The number of hydrogen-bond donors (Lipinski definition) is 1. The maximum absolute atomic E-state index is 9.53. The molecule has 0 fully saturated rings. The molecule has 0 heterocycles. The van der Waals surface area contributed by atoms with Crippen LogP contribution < -0.4 is 0 Å². The fourth-order valence-electron chi connectivity index (χ4n) is 1.28. The van der Waals surface area contributed by atoms with Crippen LogP contribution in [-0.2, 0) is 0 Å². The fraction of sp³-hybridized carbons (Fsp3) is 1.00. The van der Waals surface area contributed by atoms with Gasteiger partial charge in [0.2, 0.25) is 0 Å². The van der Waals surface area contributed by atoms with E-state index in [9.17, 15) is 5.11 Å². The van der Waals surface area contributed by atoms with Crippen molar-refractivity contribution < 1.29 is 5.11 Å². The summed E-state index contributed by atoms with van der Waals surface area (Å²) < 4.78 is 0. The lowest BCUT2D eigenvalue weighted by Gasteiger charge is -2.21. The maximum atomic E-state index is 9.53. The molecule has 0 aromatic heterocycles. The second-order valence-electron chi connectivity index (χ2n) is 3.50. The highest BCUT2D eigenvalue weighted by molar-refractivity contribution is 4.66. The Morgan fingerprint density at radius 3 is 2.00 bits per heavy atom. The van der Waals surface area contributed by atoms with Crippen LogP contribution in [0.15, 0.2) is 0 Å². The van der Waals surface area contributed by atoms with E-state index in [-0.39, 0.29) is 6.10 Å². The van der Waals surface area contributed by atoms with Crippen molar-refractivity contribution in [2.45, 2.75) is 46.6 Å². The molecule has 1 N–H and O–H groups in total. The summed E-state index contributed by atoms with van der Waals surface area (Å²) in [7, 11) is 0. The Morgan fingerprint density at radius 2 is 1.70 bits per heavy atom. The summed E-state index contributed by atoms with van der Waals surface area (Å²) in [6.07, 6.45) is 2.20. The average molecular weight is 144 g/mol. The number of rotatable bonds is 4. The van der Waals surface area contributed by atoms with Gasteiger partial charge in [0.05, 0.1) is 6.10 Å². The Hall–Kier alpha value is -0.0400. The Kier molecular flexibility index (Phi) is 4.71. The predicted octanol–water partition coefficient (Wildman–Crippen LogP) is 2.44. The van der Waals surface area contributed by atoms with Crippen LogP contribution in [0.25, 0.3) is 0 Å². The minimum atomic E-state index is -0.111. The molecule has 0 aromatic carbocycles. The molecule has 0 amide bonds. The normalized spacial score (nSPS) is 17.4. The van der Waals surface area contributed by atoms with Gasteiger partial charge in [0.15, 0.2) is 0 Å². The van der Waals surface area contributed by atoms with Crippen molar-refractivity contribution in [3.05, 3.63) is 0 Å². The highest BCUT2D eigenvalue weighted by Gasteiger charge is 2.15. The zero-order valence-electron chi connectivity index (χ0n) is 7.59. The van der Waals surface area contributed by atoms with Crippen molar-refractivity contribution in [3.8, 4) is 0 Å². The van der Waals surface area contributed by atoms with E-state index in [0.29, 0.717) is 11.8 Å². The molecule has 0 bridgehead atoms. The van der Waals surface area contributed by atoms with Crippen molar-refractivity contribution in [2.24, 2.45) is 11.8 Å². The van der Waals surface area contributed by atoms with Crippen LogP contribution >= 0.6 is 0 Å². The van der Waals surface area contributed by atoms with E-state index in [2.05, 4.69) is 27.7 Å². The lowest BCUT2D eigenvalue weighted by Crippen LogP contribution is -2.23. The maximum Gasteiger partial charge on any atom is 0.0588 e. The molecule has 1 nitrogen and oxygen atoms in total. The molecule has 0 spiro atoms. The second kappa shape index (κ2) is 4.73. The minimum Gasteiger partial charge on any atom is -0.393 e. The van der Waals surface area contributed by atoms with Crippen LogP contribution in [0.3, 0.4) is 0 Å². The topological polar surface area (TPSA) is 20.2 Å². The molecule has 0 unspecified atom stereocenters. The predicted molar refractivity (Wildman–Crippen MR) is 44.9 cm³/mol. The standard InChI is InChI=1S/C9H20O/c1-5-6-8(4)9(10)7(2)3/h7-10H,5-6H2,1-4H3/t8-,9-/m0/s1. The van der Waals surface area contributed by atoms with Gasteiger partial charge in [0.1, 0.15) is 0 Å². The molecule has 62 valence electrons. The van der Waals surface area contributed by atoms with Crippen LogP contribution in [-0.4, -0.2) is 11.2 Å². The van der Waals surface area contributed by atoms with E-state index < -0.39 is 0 Å². The van der Waals surface area contributed by atoms with E-state index in [1.807, 2.05) is 0 Å². The molecule has 10 heavy (non-hydrogen) atoms. The van der Waals surface area contributed by atoms with Crippen molar-refractivity contribution in [3.63, 3.8) is 0 Å². The van der Waals surface area contributed by atoms with Crippen LogP contribution in [0.2, 0.25) is 0 Å². The van der Waals surface area contributed by atoms with Gasteiger partial charge in [-0.15, -0.1) is 0 Å². The Labute approximate surface area is 64.5 Å². The van der Waals surface area contributed by atoms with E-state index in [1.54, 1.807) is 0 Å².